The third-order valence-electron chi connectivity index (χ3n) is 2.90. The van der Waals surface area contributed by atoms with Gasteiger partial charge >= 0.3 is 6.09 Å². The summed E-state index contributed by atoms with van der Waals surface area (Å²) in [5.74, 6) is 0. The molecule has 0 aliphatic rings. The molecule has 0 heterocycles. The molecule has 0 saturated heterocycles. The van der Waals surface area contributed by atoms with Gasteiger partial charge in [-0.2, -0.15) is 0 Å². The smallest absolute Gasteiger partial charge is 0.407 e. The molecule has 1 unspecified atom stereocenters. The minimum atomic E-state index is -0.464. The summed E-state index contributed by atoms with van der Waals surface area (Å²) in [5.41, 5.74) is 5.32. The third-order valence-corrected chi connectivity index (χ3v) is 2.90. The van der Waals surface area contributed by atoms with Crippen molar-refractivity contribution in [1.82, 2.24) is 10.2 Å². The first-order valence-corrected chi connectivity index (χ1v) is 7.16. The lowest BCUT2D eigenvalue weighted by Crippen LogP contribution is -2.42. The van der Waals surface area contributed by atoms with Gasteiger partial charge in [0.2, 0.25) is 0 Å². The number of ether oxygens (including phenoxy) is 2. The van der Waals surface area contributed by atoms with Crippen LogP contribution in [0.25, 0.3) is 0 Å². The second kappa shape index (κ2) is 9.96. The Morgan fingerprint density at radius 3 is 2.55 bits per heavy atom. The molecule has 0 radical (unpaired) electrons. The van der Waals surface area contributed by atoms with E-state index in [2.05, 4.69) is 10.2 Å². The van der Waals surface area contributed by atoms with Crippen LogP contribution in [0.5, 0.6) is 0 Å². The van der Waals surface area contributed by atoms with Crippen LogP contribution < -0.4 is 11.1 Å². The topological polar surface area (TPSA) is 76.8 Å². The van der Waals surface area contributed by atoms with Crippen molar-refractivity contribution in [1.29, 1.82) is 0 Å². The Bertz CT molecular complexity index is 267. The molecular formula is C14H31N3O3. The van der Waals surface area contributed by atoms with Crippen LogP contribution in [0.4, 0.5) is 4.79 Å². The van der Waals surface area contributed by atoms with Crippen molar-refractivity contribution in [2.45, 2.75) is 45.3 Å². The van der Waals surface area contributed by atoms with Gasteiger partial charge in [0.25, 0.3) is 0 Å². The number of carbonyl (C=O) groups excluding carboxylic acids is 1. The Labute approximate surface area is 123 Å². The number of rotatable bonds is 9. The molecule has 120 valence electrons. The van der Waals surface area contributed by atoms with Gasteiger partial charge in [-0.05, 0) is 40.7 Å². The second-order valence-electron chi connectivity index (χ2n) is 5.93. The predicted molar refractivity (Wildman–Crippen MR) is 80.8 cm³/mol. The van der Waals surface area contributed by atoms with Crippen LogP contribution in [0, 0.1) is 0 Å². The lowest BCUT2D eigenvalue weighted by atomic mass is 10.1. The van der Waals surface area contributed by atoms with E-state index in [9.17, 15) is 4.79 Å². The maximum Gasteiger partial charge on any atom is 0.407 e. The van der Waals surface area contributed by atoms with E-state index < -0.39 is 5.60 Å². The number of nitrogens with zero attached hydrogens (tertiary/aromatic N) is 1. The van der Waals surface area contributed by atoms with E-state index in [1.165, 1.54) is 0 Å². The van der Waals surface area contributed by atoms with Crippen LogP contribution >= 0.6 is 0 Å². The highest BCUT2D eigenvalue weighted by molar-refractivity contribution is 5.67. The van der Waals surface area contributed by atoms with Crippen LogP contribution in [0.15, 0.2) is 0 Å². The fourth-order valence-corrected chi connectivity index (χ4v) is 1.81. The molecule has 0 aromatic carbocycles. The van der Waals surface area contributed by atoms with Gasteiger partial charge < -0.3 is 25.4 Å². The summed E-state index contributed by atoms with van der Waals surface area (Å²) in [6.07, 6.45) is 1.40. The first kappa shape index (κ1) is 19.1. The molecule has 6 heteroatoms. The Balaban J connectivity index is 3.91. The van der Waals surface area contributed by atoms with Crippen LogP contribution in [-0.2, 0) is 9.47 Å². The number of alkyl carbamates (subject to hydrolysis) is 1. The van der Waals surface area contributed by atoms with Crippen LogP contribution in [0.1, 0.15) is 33.6 Å². The monoisotopic (exact) mass is 289 g/mol. The quantitative estimate of drug-likeness (QED) is 0.624. The Morgan fingerprint density at radius 2 is 2.05 bits per heavy atom. The van der Waals surface area contributed by atoms with Crippen molar-refractivity contribution in [3.8, 4) is 0 Å². The molecule has 0 bridgehead atoms. The SMILES string of the molecule is COCCCN(C)C(CN)CCNC(=O)OC(C)(C)C. The summed E-state index contributed by atoms with van der Waals surface area (Å²) in [6.45, 7) is 8.35. The fourth-order valence-electron chi connectivity index (χ4n) is 1.81. The molecule has 0 aromatic rings. The summed E-state index contributed by atoms with van der Waals surface area (Å²) in [6, 6.07) is 0.252. The van der Waals surface area contributed by atoms with Gasteiger partial charge in [-0.3, -0.25) is 0 Å². The van der Waals surface area contributed by atoms with E-state index >= 15 is 0 Å². The second-order valence-corrected chi connectivity index (χ2v) is 5.93. The number of nitrogens with two attached hydrogens (primary N) is 1. The first-order valence-electron chi connectivity index (χ1n) is 7.16. The van der Waals surface area contributed by atoms with Gasteiger partial charge in [0, 0.05) is 39.4 Å². The number of likely N-dealkylation sites (N-methyl/N-ethyl adjacent to an activating group) is 1. The zero-order valence-electron chi connectivity index (χ0n) is 13.6. The average molecular weight is 289 g/mol. The predicted octanol–water partition coefficient (Wildman–Crippen LogP) is 1.20. The van der Waals surface area contributed by atoms with E-state index in [4.69, 9.17) is 15.2 Å². The summed E-state index contributed by atoms with van der Waals surface area (Å²) in [4.78, 5) is 13.7. The molecule has 6 nitrogen and oxygen atoms in total. The van der Waals surface area contributed by atoms with Crippen molar-refractivity contribution in [2.24, 2.45) is 5.73 Å². The average Bonchev–Trinajstić information content (AvgIpc) is 2.32. The van der Waals surface area contributed by atoms with Gasteiger partial charge in [0.05, 0.1) is 0 Å². The maximum atomic E-state index is 11.5. The van der Waals surface area contributed by atoms with Gasteiger partial charge in [0.15, 0.2) is 0 Å². The highest BCUT2D eigenvalue weighted by atomic mass is 16.6. The van der Waals surface area contributed by atoms with Crippen molar-refractivity contribution in [2.75, 3.05) is 40.4 Å². The number of amides is 1. The summed E-state index contributed by atoms with van der Waals surface area (Å²) >= 11 is 0. The summed E-state index contributed by atoms with van der Waals surface area (Å²) < 4.78 is 10.2. The zero-order valence-corrected chi connectivity index (χ0v) is 13.6. The van der Waals surface area contributed by atoms with Crippen molar-refractivity contribution in [3.05, 3.63) is 0 Å². The molecular weight excluding hydrogens is 258 g/mol. The minimum absolute atomic E-state index is 0.252. The molecule has 1 amide bonds. The van der Waals surface area contributed by atoms with E-state index in [0.717, 1.165) is 26.0 Å². The van der Waals surface area contributed by atoms with Gasteiger partial charge in [-0.15, -0.1) is 0 Å². The lowest BCUT2D eigenvalue weighted by Gasteiger charge is -2.27. The van der Waals surface area contributed by atoms with Crippen molar-refractivity contribution < 1.29 is 14.3 Å². The number of hydrogen-bond acceptors (Lipinski definition) is 5. The zero-order chi connectivity index (χ0) is 15.6. The van der Waals surface area contributed by atoms with E-state index in [-0.39, 0.29) is 12.1 Å². The third kappa shape index (κ3) is 10.00. The van der Waals surface area contributed by atoms with Crippen molar-refractivity contribution in [3.63, 3.8) is 0 Å². The highest BCUT2D eigenvalue weighted by Gasteiger charge is 2.17. The molecule has 0 fully saturated rings. The van der Waals surface area contributed by atoms with E-state index in [1.54, 1.807) is 7.11 Å². The summed E-state index contributed by atoms with van der Waals surface area (Å²) in [7, 11) is 3.74. The minimum Gasteiger partial charge on any atom is -0.444 e. The Hall–Kier alpha value is -0.850. The molecule has 0 spiro atoms. The van der Waals surface area contributed by atoms with Crippen LogP contribution in [0.3, 0.4) is 0 Å². The van der Waals surface area contributed by atoms with Crippen LogP contribution in [0.2, 0.25) is 0 Å². The molecule has 0 saturated carbocycles. The number of methoxy groups -OCH3 is 1. The maximum absolute atomic E-state index is 11.5. The molecule has 3 N–H and O–H groups in total. The van der Waals surface area contributed by atoms with Gasteiger partial charge in [-0.25, -0.2) is 4.79 Å². The van der Waals surface area contributed by atoms with E-state index in [1.807, 2.05) is 27.8 Å². The summed E-state index contributed by atoms with van der Waals surface area (Å²) in [5, 5.41) is 2.76. The molecule has 0 aliphatic carbocycles. The van der Waals surface area contributed by atoms with E-state index in [0.29, 0.717) is 13.1 Å². The lowest BCUT2D eigenvalue weighted by molar-refractivity contribution is 0.0522. The molecule has 20 heavy (non-hydrogen) atoms. The number of carbonyl (C=O) groups is 1. The van der Waals surface area contributed by atoms with Crippen molar-refractivity contribution >= 4 is 6.09 Å². The molecule has 0 rings (SSSR count). The Kier molecular flexibility index (Phi) is 9.54. The molecule has 0 aliphatic heterocycles. The normalized spacial score (nSPS) is 13.3. The van der Waals surface area contributed by atoms with Crippen LogP contribution in [-0.4, -0.2) is 63.0 Å². The molecule has 1 atom stereocenters. The molecule has 0 aromatic heterocycles. The number of nitrogens with one attached hydrogen (secondary N) is 1. The fraction of sp³-hybridized carbons (Fsp3) is 0.929. The standard InChI is InChI=1S/C14H31N3O3/c1-14(2,3)20-13(18)16-8-7-12(11-15)17(4)9-6-10-19-5/h12H,6-11,15H2,1-5H3,(H,16,18). The first-order chi connectivity index (χ1) is 9.30. The number of hydrogen-bond donors (Lipinski definition) is 2. The Morgan fingerprint density at radius 1 is 1.40 bits per heavy atom. The van der Waals surface area contributed by atoms with Gasteiger partial charge in [0.1, 0.15) is 5.60 Å². The highest BCUT2D eigenvalue weighted by Crippen LogP contribution is 2.06. The largest absolute Gasteiger partial charge is 0.444 e. The van der Waals surface area contributed by atoms with Gasteiger partial charge in [-0.1, -0.05) is 0 Å².